The minimum absolute atomic E-state index is 0.257. The number of hydrogen-bond acceptors (Lipinski definition) is 5. The van der Waals surface area contributed by atoms with Crippen molar-refractivity contribution in [3.63, 3.8) is 0 Å². The van der Waals surface area contributed by atoms with Gasteiger partial charge >= 0.3 is 0 Å². The second-order valence-electron chi connectivity index (χ2n) is 10.1. The first-order valence-electron chi connectivity index (χ1n) is 14.6. The van der Waals surface area contributed by atoms with Gasteiger partial charge in [0.15, 0.2) is 0 Å². The second-order valence-corrected chi connectivity index (χ2v) is 10.1. The molecule has 2 aromatic heterocycles. The van der Waals surface area contributed by atoms with Crippen molar-refractivity contribution >= 4 is 5.78 Å². The zero-order chi connectivity index (χ0) is 27.4. The Bertz CT molecular complexity index is 1040. The second kappa shape index (κ2) is 18.9. The van der Waals surface area contributed by atoms with Gasteiger partial charge in [-0.25, -0.2) is 0 Å². The Labute approximate surface area is 235 Å². The Balaban J connectivity index is 1.39. The highest BCUT2D eigenvalue weighted by atomic mass is 16.5. The van der Waals surface area contributed by atoms with Crippen LogP contribution in [0.25, 0.3) is 0 Å². The van der Waals surface area contributed by atoms with Gasteiger partial charge in [-0.15, -0.1) is 0 Å². The van der Waals surface area contributed by atoms with E-state index in [9.17, 15) is 4.79 Å². The molecule has 0 amide bonds. The first-order chi connectivity index (χ1) is 19.2. The van der Waals surface area contributed by atoms with Crippen molar-refractivity contribution in [2.45, 2.75) is 90.8 Å². The monoisotopic (exact) mass is 527 g/mol. The normalized spacial score (nSPS) is 11.3. The molecule has 39 heavy (non-hydrogen) atoms. The average molecular weight is 528 g/mol. The molecule has 0 fully saturated rings. The van der Waals surface area contributed by atoms with Crippen LogP contribution in [0.1, 0.15) is 88.1 Å². The molecule has 0 saturated carbocycles. The molecule has 0 atom stereocenters. The summed E-state index contributed by atoms with van der Waals surface area (Å²) < 4.78 is 5.95. The Kier molecular flexibility index (Phi) is 14.6. The minimum Gasteiger partial charge on any atom is -0.493 e. The number of rotatable bonds is 20. The fourth-order valence-electron chi connectivity index (χ4n) is 4.53. The molecule has 1 aromatic carbocycles. The van der Waals surface area contributed by atoms with Gasteiger partial charge in [-0.2, -0.15) is 0 Å². The van der Waals surface area contributed by atoms with Crippen LogP contribution in [0, 0.1) is 0 Å². The van der Waals surface area contributed by atoms with Gasteiger partial charge in [0.2, 0.25) is 0 Å². The Morgan fingerprint density at radius 3 is 2.15 bits per heavy atom. The summed E-state index contributed by atoms with van der Waals surface area (Å²) in [6.07, 6.45) is 19.0. The van der Waals surface area contributed by atoms with E-state index in [1.807, 2.05) is 60.9 Å². The first-order valence-corrected chi connectivity index (χ1v) is 14.6. The smallest absolute Gasteiger partial charge is 0.136 e. The van der Waals surface area contributed by atoms with E-state index in [4.69, 9.17) is 4.74 Å². The van der Waals surface area contributed by atoms with Crippen LogP contribution in [-0.2, 0) is 24.4 Å². The van der Waals surface area contributed by atoms with Gasteiger partial charge < -0.3 is 4.74 Å². The number of pyridine rings is 2. The molecule has 5 heteroatoms. The molecule has 0 aliphatic carbocycles. The number of hydrogen-bond donors (Lipinski definition) is 0. The predicted molar refractivity (Wildman–Crippen MR) is 159 cm³/mol. The van der Waals surface area contributed by atoms with Gasteiger partial charge in [0.25, 0.3) is 0 Å². The number of nitrogens with zero attached hydrogens (tertiary/aromatic N) is 3. The fraction of sp³-hybridized carbons (Fsp3) is 0.441. The molecule has 5 nitrogen and oxygen atoms in total. The number of ketones is 1. The number of Topliss-reactive ketones (excluding diaryl/α,β-unsaturated/α-hetero) is 1. The van der Waals surface area contributed by atoms with Gasteiger partial charge in [-0.05, 0) is 61.2 Å². The van der Waals surface area contributed by atoms with E-state index in [1.165, 1.54) is 38.5 Å². The summed E-state index contributed by atoms with van der Waals surface area (Å²) in [5.41, 5.74) is 3.20. The molecule has 0 bridgehead atoms. The Morgan fingerprint density at radius 2 is 1.46 bits per heavy atom. The predicted octanol–water partition coefficient (Wildman–Crippen LogP) is 8.10. The molecule has 208 valence electrons. The third-order valence-electron chi connectivity index (χ3n) is 6.66. The maximum Gasteiger partial charge on any atom is 0.136 e. The zero-order valence-electron chi connectivity index (χ0n) is 23.6. The van der Waals surface area contributed by atoms with Crippen LogP contribution in [0.2, 0.25) is 0 Å². The number of aromatic nitrogens is 2. The molecule has 0 saturated heterocycles. The maximum absolute atomic E-state index is 12.3. The van der Waals surface area contributed by atoms with Gasteiger partial charge in [0.05, 0.1) is 18.0 Å². The SMILES string of the molecule is CCCCCCCC/C=C\CCC(=O)CCOc1cccc(CN(Cc2ccccn2)Cc2ccccn2)c1. The summed E-state index contributed by atoms with van der Waals surface area (Å²) in [6, 6.07) is 20.2. The van der Waals surface area contributed by atoms with Crippen LogP contribution in [0.4, 0.5) is 0 Å². The summed E-state index contributed by atoms with van der Waals surface area (Å²) in [4.78, 5) is 23.6. The standard InChI is InChI=1S/C34H45N3O2/c1-2-3-4-5-6-7-8-9-10-11-20-33(38)22-25-39-34-21-16-17-30(26-34)27-37(28-31-18-12-14-23-35-31)29-32-19-13-15-24-36-32/h9-10,12-19,21,23-24,26H,2-8,11,20,22,25,27-29H2,1H3/b10-9-. The number of unbranched alkanes of at least 4 members (excludes halogenated alkanes) is 6. The lowest BCUT2D eigenvalue weighted by Gasteiger charge is -2.22. The first kappa shape index (κ1) is 30.2. The van der Waals surface area contributed by atoms with Crippen LogP contribution in [-0.4, -0.2) is 27.3 Å². The van der Waals surface area contributed by atoms with Gasteiger partial charge in [0.1, 0.15) is 11.5 Å². The van der Waals surface area contributed by atoms with Crippen LogP contribution in [0.5, 0.6) is 5.75 Å². The fourth-order valence-corrected chi connectivity index (χ4v) is 4.53. The molecule has 2 heterocycles. The minimum atomic E-state index is 0.257. The Morgan fingerprint density at radius 1 is 0.769 bits per heavy atom. The number of allylic oxidation sites excluding steroid dienone is 2. The number of ether oxygens (including phenoxy) is 1. The highest BCUT2D eigenvalue weighted by Gasteiger charge is 2.11. The lowest BCUT2D eigenvalue weighted by Crippen LogP contribution is -2.23. The molecule has 0 N–H and O–H groups in total. The number of carbonyl (C=O) groups excluding carboxylic acids is 1. The van der Waals surface area contributed by atoms with Crippen molar-refractivity contribution in [2.24, 2.45) is 0 Å². The third kappa shape index (κ3) is 13.4. The van der Waals surface area contributed by atoms with Crippen LogP contribution in [0.3, 0.4) is 0 Å². The van der Waals surface area contributed by atoms with E-state index < -0.39 is 0 Å². The van der Waals surface area contributed by atoms with Crippen molar-refractivity contribution in [2.75, 3.05) is 6.61 Å². The van der Waals surface area contributed by atoms with Crippen LogP contribution >= 0.6 is 0 Å². The van der Waals surface area contributed by atoms with E-state index >= 15 is 0 Å². The summed E-state index contributed by atoms with van der Waals surface area (Å²) in [7, 11) is 0. The van der Waals surface area contributed by atoms with Gasteiger partial charge in [-0.1, -0.05) is 75.4 Å². The lowest BCUT2D eigenvalue weighted by atomic mass is 10.1. The largest absolute Gasteiger partial charge is 0.493 e. The van der Waals surface area contributed by atoms with Crippen LogP contribution in [0.15, 0.2) is 85.2 Å². The molecule has 0 unspecified atom stereocenters. The topological polar surface area (TPSA) is 55.3 Å². The summed E-state index contributed by atoms with van der Waals surface area (Å²) in [5.74, 6) is 1.06. The van der Waals surface area contributed by atoms with Crippen molar-refractivity contribution in [3.8, 4) is 5.75 Å². The van der Waals surface area contributed by atoms with Gasteiger partial charge in [-0.3, -0.25) is 19.7 Å². The summed E-state index contributed by atoms with van der Waals surface area (Å²) in [6.45, 7) is 4.86. The van der Waals surface area contributed by atoms with Gasteiger partial charge in [0, 0.05) is 44.9 Å². The van der Waals surface area contributed by atoms with E-state index in [0.29, 0.717) is 19.4 Å². The third-order valence-corrected chi connectivity index (χ3v) is 6.66. The summed E-state index contributed by atoms with van der Waals surface area (Å²) in [5, 5.41) is 0. The Hall–Kier alpha value is -3.31. The van der Waals surface area contributed by atoms with E-state index in [-0.39, 0.29) is 5.78 Å². The highest BCUT2D eigenvalue weighted by Crippen LogP contribution is 2.18. The maximum atomic E-state index is 12.3. The van der Waals surface area contributed by atoms with Crippen LogP contribution < -0.4 is 4.74 Å². The zero-order valence-corrected chi connectivity index (χ0v) is 23.6. The number of carbonyl (C=O) groups is 1. The molecular weight excluding hydrogens is 482 g/mol. The quantitative estimate of drug-likeness (QED) is 0.110. The molecule has 0 aliphatic heterocycles. The highest BCUT2D eigenvalue weighted by molar-refractivity contribution is 5.78. The molecule has 3 aromatic rings. The van der Waals surface area contributed by atoms with Crippen molar-refractivity contribution in [3.05, 3.63) is 102 Å². The molecular formula is C34H45N3O2. The molecule has 0 radical (unpaired) electrons. The van der Waals surface area contributed by atoms with E-state index in [0.717, 1.165) is 55.2 Å². The van der Waals surface area contributed by atoms with Crippen molar-refractivity contribution in [1.29, 1.82) is 0 Å². The summed E-state index contributed by atoms with van der Waals surface area (Å²) >= 11 is 0. The number of benzene rings is 1. The molecule has 0 aliphatic rings. The van der Waals surface area contributed by atoms with E-state index in [1.54, 1.807) is 0 Å². The molecule has 0 spiro atoms. The van der Waals surface area contributed by atoms with E-state index in [2.05, 4.69) is 46.1 Å². The molecule has 3 rings (SSSR count). The van der Waals surface area contributed by atoms with Crippen molar-refractivity contribution < 1.29 is 9.53 Å². The average Bonchev–Trinajstić information content (AvgIpc) is 2.95. The lowest BCUT2D eigenvalue weighted by molar-refractivity contribution is -0.119. The van der Waals surface area contributed by atoms with Crippen molar-refractivity contribution in [1.82, 2.24) is 14.9 Å².